The summed E-state index contributed by atoms with van der Waals surface area (Å²) in [5.41, 5.74) is 1.59. The van der Waals surface area contributed by atoms with Crippen LogP contribution in [0.2, 0.25) is 5.02 Å². The average molecular weight is 294 g/mol. The summed E-state index contributed by atoms with van der Waals surface area (Å²) in [5, 5.41) is 4.72. The number of benzene rings is 1. The van der Waals surface area contributed by atoms with Gasteiger partial charge in [0, 0.05) is 17.1 Å². The zero-order valence-corrected chi connectivity index (χ0v) is 14.0. The molecule has 1 aliphatic rings. The molecular weight excluding hydrogens is 266 g/mol. The maximum absolute atomic E-state index is 6.32. The van der Waals surface area contributed by atoms with Gasteiger partial charge in [0.25, 0.3) is 0 Å². The fourth-order valence-corrected chi connectivity index (χ4v) is 3.90. The highest BCUT2D eigenvalue weighted by molar-refractivity contribution is 6.31. The number of halogens is 1. The largest absolute Gasteiger partial charge is 0.307 e. The zero-order chi connectivity index (χ0) is 14.8. The molecule has 2 unspecified atom stereocenters. The van der Waals surface area contributed by atoms with E-state index in [1.165, 1.54) is 31.2 Å². The Kier molecular flexibility index (Phi) is 5.14. The molecule has 20 heavy (non-hydrogen) atoms. The molecule has 0 aromatic heterocycles. The molecule has 2 rings (SSSR count). The first-order chi connectivity index (χ1) is 9.39. The predicted molar refractivity (Wildman–Crippen MR) is 88.2 cm³/mol. The van der Waals surface area contributed by atoms with Crippen LogP contribution in [0.5, 0.6) is 0 Å². The SMILES string of the molecule is C[C@@H](NC1CCCCC1C(C)(C)C)c1ccccc1Cl. The molecule has 0 aliphatic heterocycles. The average Bonchev–Trinajstić information content (AvgIpc) is 2.38. The van der Waals surface area contributed by atoms with Crippen molar-refractivity contribution in [1.82, 2.24) is 5.32 Å². The van der Waals surface area contributed by atoms with E-state index in [4.69, 9.17) is 11.6 Å². The molecule has 0 spiro atoms. The third kappa shape index (κ3) is 3.77. The van der Waals surface area contributed by atoms with E-state index in [1.54, 1.807) is 0 Å². The van der Waals surface area contributed by atoms with Gasteiger partial charge in [-0.25, -0.2) is 0 Å². The van der Waals surface area contributed by atoms with Gasteiger partial charge in [-0.2, -0.15) is 0 Å². The highest BCUT2D eigenvalue weighted by Gasteiger charge is 2.34. The van der Waals surface area contributed by atoms with Crippen molar-refractivity contribution in [3.05, 3.63) is 34.9 Å². The number of nitrogens with one attached hydrogen (secondary N) is 1. The molecule has 1 aliphatic carbocycles. The fourth-order valence-electron chi connectivity index (χ4n) is 3.60. The normalized spacial score (nSPS) is 25.4. The van der Waals surface area contributed by atoms with Crippen molar-refractivity contribution < 1.29 is 0 Å². The van der Waals surface area contributed by atoms with Gasteiger partial charge in [0.1, 0.15) is 0 Å². The Morgan fingerprint density at radius 2 is 1.80 bits per heavy atom. The first-order valence-electron chi connectivity index (χ1n) is 7.90. The van der Waals surface area contributed by atoms with Crippen LogP contribution in [-0.2, 0) is 0 Å². The maximum Gasteiger partial charge on any atom is 0.0453 e. The van der Waals surface area contributed by atoms with Gasteiger partial charge in [0.15, 0.2) is 0 Å². The van der Waals surface area contributed by atoms with E-state index >= 15 is 0 Å². The van der Waals surface area contributed by atoms with Crippen LogP contribution in [-0.4, -0.2) is 6.04 Å². The lowest BCUT2D eigenvalue weighted by atomic mass is 9.69. The van der Waals surface area contributed by atoms with Gasteiger partial charge >= 0.3 is 0 Å². The van der Waals surface area contributed by atoms with Crippen molar-refractivity contribution in [2.75, 3.05) is 0 Å². The number of hydrogen-bond donors (Lipinski definition) is 1. The van der Waals surface area contributed by atoms with Crippen molar-refractivity contribution >= 4 is 11.6 Å². The molecule has 1 N–H and O–H groups in total. The Morgan fingerprint density at radius 3 is 2.45 bits per heavy atom. The highest BCUT2D eigenvalue weighted by Crippen LogP contribution is 2.39. The second-order valence-corrected chi connectivity index (χ2v) is 7.68. The second kappa shape index (κ2) is 6.49. The molecule has 1 saturated carbocycles. The predicted octanol–water partition coefficient (Wildman–Crippen LogP) is 5.60. The van der Waals surface area contributed by atoms with E-state index in [9.17, 15) is 0 Å². The van der Waals surface area contributed by atoms with Crippen LogP contribution < -0.4 is 5.32 Å². The van der Waals surface area contributed by atoms with Crippen LogP contribution in [0.25, 0.3) is 0 Å². The number of hydrogen-bond acceptors (Lipinski definition) is 1. The summed E-state index contributed by atoms with van der Waals surface area (Å²) in [4.78, 5) is 0. The lowest BCUT2D eigenvalue weighted by molar-refractivity contribution is 0.124. The molecule has 1 aromatic carbocycles. The Labute approximate surface area is 129 Å². The van der Waals surface area contributed by atoms with Gasteiger partial charge in [-0.05, 0) is 42.7 Å². The van der Waals surface area contributed by atoms with Gasteiger partial charge in [0.05, 0.1) is 0 Å². The lowest BCUT2D eigenvalue weighted by Gasteiger charge is -2.42. The van der Waals surface area contributed by atoms with E-state index < -0.39 is 0 Å². The van der Waals surface area contributed by atoms with Gasteiger partial charge in [0.2, 0.25) is 0 Å². The van der Waals surface area contributed by atoms with Gasteiger partial charge in [-0.15, -0.1) is 0 Å². The number of rotatable bonds is 3. The van der Waals surface area contributed by atoms with Crippen LogP contribution in [0, 0.1) is 11.3 Å². The monoisotopic (exact) mass is 293 g/mol. The molecule has 0 saturated heterocycles. The molecule has 112 valence electrons. The van der Waals surface area contributed by atoms with Crippen LogP contribution in [0.15, 0.2) is 24.3 Å². The molecule has 2 heteroatoms. The summed E-state index contributed by atoms with van der Waals surface area (Å²) in [5.74, 6) is 0.751. The summed E-state index contributed by atoms with van der Waals surface area (Å²) in [6, 6.07) is 9.11. The summed E-state index contributed by atoms with van der Waals surface area (Å²) >= 11 is 6.32. The Balaban J connectivity index is 2.09. The molecule has 3 atom stereocenters. The van der Waals surface area contributed by atoms with E-state index in [1.807, 2.05) is 12.1 Å². The molecular formula is C18H28ClN. The van der Waals surface area contributed by atoms with Crippen molar-refractivity contribution in [2.24, 2.45) is 11.3 Å². The van der Waals surface area contributed by atoms with Crippen LogP contribution in [0.1, 0.15) is 65.0 Å². The van der Waals surface area contributed by atoms with Gasteiger partial charge in [-0.3, -0.25) is 0 Å². The second-order valence-electron chi connectivity index (χ2n) is 7.27. The Morgan fingerprint density at radius 1 is 1.15 bits per heavy atom. The topological polar surface area (TPSA) is 12.0 Å². The van der Waals surface area contributed by atoms with Crippen LogP contribution >= 0.6 is 11.6 Å². The lowest BCUT2D eigenvalue weighted by Crippen LogP contribution is -2.45. The fraction of sp³-hybridized carbons (Fsp3) is 0.667. The highest BCUT2D eigenvalue weighted by atomic mass is 35.5. The quantitative estimate of drug-likeness (QED) is 0.765. The van der Waals surface area contributed by atoms with Crippen molar-refractivity contribution in [3.8, 4) is 0 Å². The first-order valence-corrected chi connectivity index (χ1v) is 8.28. The standard InChI is InChI=1S/C18H28ClN/c1-13(14-9-5-7-11-16(14)19)20-17-12-8-6-10-15(17)18(2,3)4/h5,7,9,11,13,15,17,20H,6,8,10,12H2,1-4H3/t13-,15?,17?/m1/s1. The summed E-state index contributed by atoms with van der Waals surface area (Å²) in [6.45, 7) is 9.35. The summed E-state index contributed by atoms with van der Waals surface area (Å²) < 4.78 is 0. The Bertz CT molecular complexity index is 435. The molecule has 0 bridgehead atoms. The van der Waals surface area contributed by atoms with Gasteiger partial charge in [-0.1, -0.05) is 63.4 Å². The molecule has 0 amide bonds. The summed E-state index contributed by atoms with van der Waals surface area (Å²) in [7, 11) is 0. The molecule has 0 heterocycles. The molecule has 1 nitrogen and oxygen atoms in total. The molecule has 0 radical (unpaired) electrons. The van der Waals surface area contributed by atoms with Gasteiger partial charge < -0.3 is 5.32 Å². The zero-order valence-electron chi connectivity index (χ0n) is 13.2. The van der Waals surface area contributed by atoms with Crippen LogP contribution in [0.3, 0.4) is 0 Å². The van der Waals surface area contributed by atoms with Crippen molar-refractivity contribution in [1.29, 1.82) is 0 Å². The Hall–Kier alpha value is -0.530. The smallest absolute Gasteiger partial charge is 0.0453 e. The maximum atomic E-state index is 6.32. The first kappa shape index (κ1) is 15.9. The van der Waals surface area contributed by atoms with Crippen molar-refractivity contribution in [3.63, 3.8) is 0 Å². The van der Waals surface area contributed by atoms with Crippen LogP contribution in [0.4, 0.5) is 0 Å². The van der Waals surface area contributed by atoms with E-state index in [0.717, 1.165) is 10.9 Å². The summed E-state index contributed by atoms with van der Waals surface area (Å²) in [6.07, 6.45) is 5.35. The molecule has 1 aromatic rings. The van der Waals surface area contributed by atoms with E-state index in [-0.39, 0.29) is 0 Å². The third-order valence-corrected chi connectivity index (χ3v) is 5.06. The van der Waals surface area contributed by atoms with Crippen molar-refractivity contribution in [2.45, 2.75) is 65.5 Å². The van der Waals surface area contributed by atoms with E-state index in [0.29, 0.717) is 17.5 Å². The van der Waals surface area contributed by atoms with E-state index in [2.05, 4.69) is 45.1 Å². The molecule has 1 fully saturated rings. The minimum Gasteiger partial charge on any atom is -0.307 e. The minimum atomic E-state index is 0.316. The minimum absolute atomic E-state index is 0.316. The third-order valence-electron chi connectivity index (χ3n) is 4.71.